The summed E-state index contributed by atoms with van der Waals surface area (Å²) in [7, 11) is 1.62. The van der Waals surface area contributed by atoms with E-state index in [4.69, 9.17) is 5.11 Å². The third-order valence-corrected chi connectivity index (χ3v) is 5.43. The van der Waals surface area contributed by atoms with Crippen molar-refractivity contribution in [3.05, 3.63) is 21.4 Å². The van der Waals surface area contributed by atoms with E-state index in [0.717, 1.165) is 10.4 Å². The molecule has 23 heavy (non-hydrogen) atoms. The number of piperidine rings is 1. The van der Waals surface area contributed by atoms with Gasteiger partial charge in [-0.25, -0.2) is 0 Å². The van der Waals surface area contributed by atoms with Crippen LogP contribution < -0.4 is 0 Å². The minimum absolute atomic E-state index is 0.0204. The average molecular weight is 338 g/mol. The van der Waals surface area contributed by atoms with Crippen LogP contribution in [-0.4, -0.2) is 59.4 Å². The summed E-state index contributed by atoms with van der Waals surface area (Å²) in [4.78, 5) is 40.4. The van der Waals surface area contributed by atoms with Crippen molar-refractivity contribution in [2.45, 2.75) is 26.7 Å². The molecule has 0 atom stereocenters. The molecular weight excluding hydrogens is 316 g/mol. The van der Waals surface area contributed by atoms with Crippen LogP contribution in [0, 0.1) is 19.8 Å². The quantitative estimate of drug-likeness (QED) is 0.907. The number of likely N-dealkylation sites (tertiary alicyclic amines) is 1. The predicted octanol–water partition coefficient (Wildman–Crippen LogP) is 1.76. The molecule has 2 rings (SSSR count). The zero-order chi connectivity index (χ0) is 17.1. The maximum absolute atomic E-state index is 12.4. The Balaban J connectivity index is 1.90. The van der Waals surface area contributed by atoms with Crippen LogP contribution in [0.1, 0.15) is 33.0 Å². The van der Waals surface area contributed by atoms with Gasteiger partial charge in [0, 0.05) is 25.0 Å². The molecule has 2 heterocycles. The van der Waals surface area contributed by atoms with Crippen LogP contribution in [0.25, 0.3) is 0 Å². The zero-order valence-electron chi connectivity index (χ0n) is 13.7. The Labute approximate surface area is 139 Å². The Morgan fingerprint density at radius 1 is 1.30 bits per heavy atom. The number of hydrogen-bond acceptors (Lipinski definition) is 4. The van der Waals surface area contributed by atoms with E-state index in [0.29, 0.717) is 30.8 Å². The van der Waals surface area contributed by atoms with Gasteiger partial charge in [-0.2, -0.15) is 0 Å². The lowest BCUT2D eigenvalue weighted by Crippen LogP contribution is -2.45. The Hall–Kier alpha value is -1.89. The Kier molecular flexibility index (Phi) is 5.41. The van der Waals surface area contributed by atoms with Crippen LogP contribution in [0.15, 0.2) is 6.07 Å². The fourth-order valence-corrected chi connectivity index (χ4v) is 3.65. The van der Waals surface area contributed by atoms with Gasteiger partial charge in [0.25, 0.3) is 5.91 Å². The number of carbonyl (C=O) groups excluding carboxylic acids is 2. The van der Waals surface area contributed by atoms with Crippen LogP contribution in [0.5, 0.6) is 0 Å². The van der Waals surface area contributed by atoms with Gasteiger partial charge in [0.05, 0.1) is 17.3 Å². The molecular formula is C16H22N2O4S. The van der Waals surface area contributed by atoms with E-state index in [1.807, 2.05) is 19.9 Å². The Morgan fingerprint density at radius 3 is 2.39 bits per heavy atom. The largest absolute Gasteiger partial charge is 0.481 e. The van der Waals surface area contributed by atoms with E-state index < -0.39 is 5.97 Å². The first kappa shape index (κ1) is 17.5. The van der Waals surface area contributed by atoms with Crippen molar-refractivity contribution in [2.24, 2.45) is 5.92 Å². The lowest BCUT2D eigenvalue weighted by Gasteiger charge is -2.31. The maximum Gasteiger partial charge on any atom is 0.306 e. The standard InChI is InChI=1S/C16H22N2O4S/c1-10-8-13(23-11(10)2)15(20)17(3)9-14(19)18-6-4-12(5-7-18)16(21)22/h8,12H,4-7,9H2,1-3H3,(H,21,22). The fraction of sp³-hybridized carbons (Fsp3) is 0.562. The van der Waals surface area contributed by atoms with Gasteiger partial charge in [-0.15, -0.1) is 11.3 Å². The molecule has 1 saturated heterocycles. The summed E-state index contributed by atoms with van der Waals surface area (Å²) in [5, 5.41) is 8.98. The number of nitrogens with zero attached hydrogens (tertiary/aromatic N) is 2. The van der Waals surface area contributed by atoms with Crippen LogP contribution in [0.2, 0.25) is 0 Å². The molecule has 1 aliphatic heterocycles. The van der Waals surface area contributed by atoms with Crippen molar-refractivity contribution in [2.75, 3.05) is 26.7 Å². The summed E-state index contributed by atoms with van der Waals surface area (Å²) in [6, 6.07) is 1.85. The number of carboxylic acids is 1. The Morgan fingerprint density at radius 2 is 1.91 bits per heavy atom. The zero-order valence-corrected chi connectivity index (χ0v) is 14.5. The minimum Gasteiger partial charge on any atom is -0.481 e. The number of likely N-dealkylation sites (N-methyl/N-ethyl adjacent to an activating group) is 1. The number of aryl methyl sites for hydroxylation is 2. The second-order valence-electron chi connectivity index (χ2n) is 6.00. The lowest BCUT2D eigenvalue weighted by atomic mass is 9.97. The number of rotatable bonds is 4. The van der Waals surface area contributed by atoms with Gasteiger partial charge in [0.2, 0.25) is 5.91 Å². The number of hydrogen-bond donors (Lipinski definition) is 1. The van der Waals surface area contributed by atoms with Crippen molar-refractivity contribution in [1.29, 1.82) is 0 Å². The highest BCUT2D eigenvalue weighted by Crippen LogP contribution is 2.22. The SMILES string of the molecule is Cc1cc(C(=O)N(C)CC(=O)N2CCC(C(=O)O)CC2)sc1C. The van der Waals surface area contributed by atoms with E-state index in [2.05, 4.69) is 0 Å². The molecule has 1 aromatic heterocycles. The molecule has 0 unspecified atom stereocenters. The smallest absolute Gasteiger partial charge is 0.306 e. The van der Waals surface area contributed by atoms with Crippen LogP contribution in [0.4, 0.5) is 0 Å². The van der Waals surface area contributed by atoms with Gasteiger partial charge in [0.1, 0.15) is 0 Å². The highest BCUT2D eigenvalue weighted by molar-refractivity contribution is 7.14. The lowest BCUT2D eigenvalue weighted by molar-refractivity contribution is -0.145. The van der Waals surface area contributed by atoms with Gasteiger partial charge in [-0.05, 0) is 38.3 Å². The van der Waals surface area contributed by atoms with Gasteiger partial charge in [-0.1, -0.05) is 0 Å². The first-order valence-corrected chi connectivity index (χ1v) is 8.44. The number of thiophene rings is 1. The first-order chi connectivity index (χ1) is 10.8. The van der Waals surface area contributed by atoms with Crippen molar-refractivity contribution < 1.29 is 19.5 Å². The van der Waals surface area contributed by atoms with Gasteiger partial charge >= 0.3 is 5.97 Å². The number of aliphatic carboxylic acids is 1. The molecule has 1 N–H and O–H groups in total. The average Bonchev–Trinajstić information content (AvgIpc) is 2.85. The topological polar surface area (TPSA) is 77.9 Å². The number of amides is 2. The molecule has 0 aliphatic carbocycles. The van der Waals surface area contributed by atoms with Crippen LogP contribution >= 0.6 is 11.3 Å². The van der Waals surface area contributed by atoms with E-state index in [-0.39, 0.29) is 24.3 Å². The molecule has 7 heteroatoms. The molecule has 2 amide bonds. The molecule has 0 bridgehead atoms. The summed E-state index contributed by atoms with van der Waals surface area (Å²) >= 11 is 1.44. The van der Waals surface area contributed by atoms with Crippen molar-refractivity contribution in [1.82, 2.24) is 9.80 Å². The van der Waals surface area contributed by atoms with Crippen LogP contribution in [-0.2, 0) is 9.59 Å². The third-order valence-electron chi connectivity index (χ3n) is 4.29. The molecule has 1 aromatic rings. The maximum atomic E-state index is 12.4. The molecule has 6 nitrogen and oxygen atoms in total. The van der Waals surface area contributed by atoms with E-state index >= 15 is 0 Å². The molecule has 0 radical (unpaired) electrons. The molecule has 1 fully saturated rings. The molecule has 126 valence electrons. The molecule has 0 aromatic carbocycles. The van der Waals surface area contributed by atoms with Gasteiger partial charge in [0.15, 0.2) is 0 Å². The summed E-state index contributed by atoms with van der Waals surface area (Å²) in [5.74, 6) is -1.45. The van der Waals surface area contributed by atoms with Crippen molar-refractivity contribution in [3.8, 4) is 0 Å². The summed E-state index contributed by atoms with van der Waals surface area (Å²) < 4.78 is 0. The highest BCUT2D eigenvalue weighted by atomic mass is 32.1. The molecule has 0 spiro atoms. The number of carbonyl (C=O) groups is 3. The molecule has 1 aliphatic rings. The monoisotopic (exact) mass is 338 g/mol. The van der Waals surface area contributed by atoms with Crippen LogP contribution in [0.3, 0.4) is 0 Å². The van der Waals surface area contributed by atoms with Crippen molar-refractivity contribution in [3.63, 3.8) is 0 Å². The second-order valence-corrected chi connectivity index (χ2v) is 7.26. The van der Waals surface area contributed by atoms with Gasteiger partial charge in [-0.3, -0.25) is 14.4 Å². The van der Waals surface area contributed by atoms with E-state index in [9.17, 15) is 14.4 Å². The summed E-state index contributed by atoms with van der Waals surface area (Å²) in [6.45, 7) is 4.82. The van der Waals surface area contributed by atoms with Gasteiger partial charge < -0.3 is 14.9 Å². The second kappa shape index (κ2) is 7.12. The third kappa shape index (κ3) is 4.10. The highest BCUT2D eigenvalue weighted by Gasteiger charge is 2.28. The first-order valence-electron chi connectivity index (χ1n) is 7.62. The molecule has 0 saturated carbocycles. The van der Waals surface area contributed by atoms with E-state index in [1.165, 1.54) is 16.2 Å². The predicted molar refractivity (Wildman–Crippen MR) is 87.7 cm³/mol. The number of carboxylic acid groups (broad SMARTS) is 1. The Bertz CT molecular complexity index is 598. The minimum atomic E-state index is -0.798. The summed E-state index contributed by atoms with van der Waals surface area (Å²) in [5.41, 5.74) is 1.08. The van der Waals surface area contributed by atoms with Crippen molar-refractivity contribution >= 4 is 29.1 Å². The van der Waals surface area contributed by atoms with E-state index in [1.54, 1.807) is 11.9 Å². The normalized spacial score (nSPS) is 15.5. The fourth-order valence-electron chi connectivity index (χ4n) is 2.62. The summed E-state index contributed by atoms with van der Waals surface area (Å²) in [6.07, 6.45) is 0.949.